The van der Waals surface area contributed by atoms with Gasteiger partial charge in [0, 0.05) is 7.05 Å². The topological polar surface area (TPSA) is 46.9 Å². The third-order valence-corrected chi connectivity index (χ3v) is 3.79. The number of benzene rings is 2. The quantitative estimate of drug-likeness (QED) is 0.804. The summed E-state index contributed by atoms with van der Waals surface area (Å²) in [6.07, 6.45) is 0.384. The molecule has 0 radical (unpaired) electrons. The van der Waals surface area contributed by atoms with Crippen molar-refractivity contribution in [2.75, 3.05) is 0 Å². The average molecular weight is 293 g/mol. The molecular formula is C18H19N3O. The summed E-state index contributed by atoms with van der Waals surface area (Å²) in [5.41, 5.74) is 3.03. The van der Waals surface area contributed by atoms with E-state index in [9.17, 15) is 4.79 Å². The molecule has 3 aromatic rings. The average Bonchev–Trinajstić information content (AvgIpc) is 2.86. The maximum atomic E-state index is 12.2. The van der Waals surface area contributed by atoms with Crippen LogP contribution >= 0.6 is 0 Å². The number of rotatable bonds is 4. The minimum atomic E-state index is -0.131. The molecular weight excluding hydrogens is 274 g/mol. The van der Waals surface area contributed by atoms with Crippen LogP contribution in [-0.4, -0.2) is 15.5 Å². The molecule has 1 aromatic heterocycles. The fraction of sp³-hybridized carbons (Fsp3) is 0.222. The lowest BCUT2D eigenvalue weighted by Crippen LogP contribution is -2.29. The minimum Gasteiger partial charge on any atom is -0.346 e. The molecule has 3 rings (SSSR count). The van der Waals surface area contributed by atoms with E-state index in [2.05, 4.69) is 10.3 Å². The number of amides is 1. The molecule has 2 aromatic carbocycles. The van der Waals surface area contributed by atoms with Gasteiger partial charge in [-0.2, -0.15) is 0 Å². The van der Waals surface area contributed by atoms with Gasteiger partial charge in [-0.3, -0.25) is 4.79 Å². The van der Waals surface area contributed by atoms with E-state index in [1.807, 2.05) is 73.1 Å². The second-order valence-electron chi connectivity index (χ2n) is 5.47. The van der Waals surface area contributed by atoms with Crippen LogP contribution in [0.25, 0.3) is 11.0 Å². The number of imidazole rings is 1. The zero-order valence-corrected chi connectivity index (χ0v) is 12.8. The predicted octanol–water partition coefficient (Wildman–Crippen LogP) is 2.99. The number of aromatic nitrogens is 2. The maximum absolute atomic E-state index is 12.2. The van der Waals surface area contributed by atoms with Crippen molar-refractivity contribution >= 4 is 16.9 Å². The molecule has 0 saturated heterocycles. The zero-order chi connectivity index (χ0) is 15.5. The van der Waals surface area contributed by atoms with Gasteiger partial charge >= 0.3 is 0 Å². The van der Waals surface area contributed by atoms with Crippen molar-refractivity contribution in [2.45, 2.75) is 19.4 Å². The summed E-state index contributed by atoms with van der Waals surface area (Å²) in [5.74, 6) is 0.869. The van der Waals surface area contributed by atoms with Crippen LogP contribution in [0, 0.1) is 0 Å². The number of nitrogens with one attached hydrogen (secondary N) is 1. The number of para-hydroxylation sites is 2. The number of aryl methyl sites for hydroxylation is 1. The largest absolute Gasteiger partial charge is 0.346 e. The van der Waals surface area contributed by atoms with Gasteiger partial charge in [-0.05, 0) is 24.6 Å². The molecule has 4 heteroatoms. The summed E-state index contributed by atoms with van der Waals surface area (Å²) >= 11 is 0. The SMILES string of the molecule is C[C@H](NC(=O)Cc1ccccc1)c1nc2ccccc2n1C. The third-order valence-electron chi connectivity index (χ3n) is 3.79. The molecule has 0 fully saturated rings. The first-order valence-corrected chi connectivity index (χ1v) is 7.40. The van der Waals surface area contributed by atoms with Gasteiger partial charge in [0.2, 0.25) is 5.91 Å². The molecule has 0 unspecified atom stereocenters. The predicted molar refractivity (Wildman–Crippen MR) is 87.4 cm³/mol. The van der Waals surface area contributed by atoms with E-state index in [4.69, 9.17) is 0 Å². The first-order chi connectivity index (χ1) is 10.6. The van der Waals surface area contributed by atoms with Gasteiger partial charge in [-0.15, -0.1) is 0 Å². The molecule has 1 amide bonds. The normalized spacial score (nSPS) is 12.3. The molecule has 0 bridgehead atoms. The highest BCUT2D eigenvalue weighted by Gasteiger charge is 2.16. The van der Waals surface area contributed by atoms with Gasteiger partial charge in [0.25, 0.3) is 0 Å². The Kier molecular flexibility index (Phi) is 3.92. The fourth-order valence-corrected chi connectivity index (χ4v) is 2.69. The van der Waals surface area contributed by atoms with E-state index >= 15 is 0 Å². The highest BCUT2D eigenvalue weighted by Crippen LogP contribution is 2.19. The molecule has 0 saturated carbocycles. The summed E-state index contributed by atoms with van der Waals surface area (Å²) in [5, 5.41) is 3.02. The Morgan fingerprint density at radius 2 is 1.82 bits per heavy atom. The van der Waals surface area contributed by atoms with Gasteiger partial charge < -0.3 is 9.88 Å². The minimum absolute atomic E-state index is 0.00533. The smallest absolute Gasteiger partial charge is 0.224 e. The van der Waals surface area contributed by atoms with E-state index in [1.165, 1.54) is 0 Å². The number of carbonyl (C=O) groups is 1. The summed E-state index contributed by atoms with van der Waals surface area (Å²) in [4.78, 5) is 16.8. The first kappa shape index (κ1) is 14.3. The van der Waals surface area contributed by atoms with Gasteiger partial charge in [-0.25, -0.2) is 4.98 Å². The standard InChI is InChI=1S/C18H19N3O/c1-13(19-17(22)12-14-8-4-3-5-9-14)18-20-15-10-6-7-11-16(15)21(18)2/h3-11,13H,12H2,1-2H3,(H,19,22)/t13-/m0/s1. The van der Waals surface area contributed by atoms with Crippen LogP contribution in [0.5, 0.6) is 0 Å². The lowest BCUT2D eigenvalue weighted by molar-refractivity contribution is -0.121. The van der Waals surface area contributed by atoms with E-state index in [1.54, 1.807) is 0 Å². The summed E-state index contributed by atoms with van der Waals surface area (Å²) in [7, 11) is 1.98. The molecule has 112 valence electrons. The summed E-state index contributed by atoms with van der Waals surface area (Å²) < 4.78 is 2.03. The Balaban J connectivity index is 1.74. The van der Waals surface area contributed by atoms with Crippen molar-refractivity contribution in [3.8, 4) is 0 Å². The highest BCUT2D eigenvalue weighted by atomic mass is 16.1. The van der Waals surface area contributed by atoms with E-state index in [0.717, 1.165) is 22.4 Å². The van der Waals surface area contributed by atoms with Crippen LogP contribution in [0.3, 0.4) is 0 Å². The van der Waals surface area contributed by atoms with Crippen molar-refractivity contribution in [3.63, 3.8) is 0 Å². The molecule has 1 atom stereocenters. The summed E-state index contributed by atoms with van der Waals surface area (Å²) in [6.45, 7) is 1.96. The lowest BCUT2D eigenvalue weighted by Gasteiger charge is -2.14. The van der Waals surface area contributed by atoms with E-state index < -0.39 is 0 Å². The Hall–Kier alpha value is -2.62. The fourth-order valence-electron chi connectivity index (χ4n) is 2.69. The van der Waals surface area contributed by atoms with Crippen molar-refractivity contribution in [2.24, 2.45) is 7.05 Å². The van der Waals surface area contributed by atoms with Crippen LogP contribution in [-0.2, 0) is 18.3 Å². The molecule has 0 aliphatic rings. The van der Waals surface area contributed by atoms with Crippen LogP contribution in [0.1, 0.15) is 24.4 Å². The lowest BCUT2D eigenvalue weighted by atomic mass is 10.1. The molecule has 4 nitrogen and oxygen atoms in total. The first-order valence-electron chi connectivity index (χ1n) is 7.40. The molecule has 0 aliphatic carbocycles. The van der Waals surface area contributed by atoms with Crippen LogP contribution in [0.2, 0.25) is 0 Å². The second-order valence-corrected chi connectivity index (χ2v) is 5.47. The van der Waals surface area contributed by atoms with Gasteiger partial charge in [-0.1, -0.05) is 42.5 Å². The number of hydrogen-bond donors (Lipinski definition) is 1. The van der Waals surface area contributed by atoms with Crippen molar-refractivity contribution in [3.05, 3.63) is 66.0 Å². The van der Waals surface area contributed by atoms with Crippen LogP contribution in [0.15, 0.2) is 54.6 Å². The van der Waals surface area contributed by atoms with Crippen molar-refractivity contribution in [1.29, 1.82) is 0 Å². The Bertz CT molecular complexity index is 792. The number of nitrogens with zero attached hydrogens (tertiary/aromatic N) is 2. The van der Waals surface area contributed by atoms with Gasteiger partial charge in [0.1, 0.15) is 5.82 Å². The van der Waals surface area contributed by atoms with Crippen LogP contribution < -0.4 is 5.32 Å². The molecule has 1 heterocycles. The monoisotopic (exact) mass is 293 g/mol. The summed E-state index contributed by atoms with van der Waals surface area (Å²) in [6, 6.07) is 17.6. The Labute approximate surface area is 129 Å². The maximum Gasteiger partial charge on any atom is 0.224 e. The van der Waals surface area contributed by atoms with Crippen molar-refractivity contribution in [1.82, 2.24) is 14.9 Å². The number of fused-ring (bicyclic) bond motifs is 1. The molecule has 0 aliphatic heterocycles. The van der Waals surface area contributed by atoms with E-state index in [0.29, 0.717) is 6.42 Å². The second kappa shape index (κ2) is 6.02. The highest BCUT2D eigenvalue weighted by molar-refractivity contribution is 5.79. The molecule has 0 spiro atoms. The van der Waals surface area contributed by atoms with E-state index in [-0.39, 0.29) is 11.9 Å². The third kappa shape index (κ3) is 2.86. The molecule has 22 heavy (non-hydrogen) atoms. The number of hydrogen-bond acceptors (Lipinski definition) is 2. The van der Waals surface area contributed by atoms with Gasteiger partial charge in [0.15, 0.2) is 0 Å². The Morgan fingerprint density at radius 1 is 1.14 bits per heavy atom. The molecule has 1 N–H and O–H groups in total. The zero-order valence-electron chi connectivity index (χ0n) is 12.8. The van der Waals surface area contributed by atoms with Crippen molar-refractivity contribution < 1.29 is 4.79 Å². The Morgan fingerprint density at radius 3 is 2.55 bits per heavy atom. The van der Waals surface area contributed by atoms with Crippen LogP contribution in [0.4, 0.5) is 0 Å². The number of carbonyl (C=O) groups excluding carboxylic acids is 1. The van der Waals surface area contributed by atoms with Gasteiger partial charge in [0.05, 0.1) is 23.5 Å².